The second kappa shape index (κ2) is 5.80. The van der Waals surface area contributed by atoms with Crippen LogP contribution in [-0.4, -0.2) is 23.0 Å². The zero-order valence-corrected chi connectivity index (χ0v) is 13.0. The maximum Gasteiger partial charge on any atom is 0.348 e. The van der Waals surface area contributed by atoms with E-state index in [4.69, 9.17) is 10.5 Å². The van der Waals surface area contributed by atoms with Gasteiger partial charge in [-0.25, -0.2) is 14.0 Å². The lowest BCUT2D eigenvalue weighted by Gasteiger charge is -2.29. The number of fused-ring (bicyclic) bond motifs is 1. The summed E-state index contributed by atoms with van der Waals surface area (Å²) in [5.74, 6) is -1.25. The molecule has 1 aliphatic rings. The zero-order valence-electron chi connectivity index (χ0n) is 13.0. The monoisotopic (exact) mass is 330 g/mol. The summed E-state index contributed by atoms with van der Waals surface area (Å²) in [5, 5.41) is 2.91. The number of rotatable bonds is 2. The number of H-pyrrole nitrogens is 1. The Morgan fingerprint density at radius 1 is 1.33 bits per heavy atom. The summed E-state index contributed by atoms with van der Waals surface area (Å²) in [7, 11) is 1.27. The van der Waals surface area contributed by atoms with Crippen LogP contribution < -0.4 is 16.7 Å². The molecular weight excluding hydrogens is 315 g/mol. The van der Waals surface area contributed by atoms with Crippen molar-refractivity contribution in [3.8, 4) is 0 Å². The number of nitrogens with zero attached hydrogens (tertiary/aromatic N) is 1. The number of esters is 1. The summed E-state index contributed by atoms with van der Waals surface area (Å²) < 4.78 is 18.2. The number of aromatic amines is 1. The van der Waals surface area contributed by atoms with E-state index in [9.17, 15) is 14.0 Å². The first kappa shape index (κ1) is 15.7. The molecule has 2 heterocycles. The van der Waals surface area contributed by atoms with Gasteiger partial charge in [-0.15, -0.1) is 0 Å². The first-order valence-electron chi connectivity index (χ1n) is 7.13. The predicted octanol–water partition coefficient (Wildman–Crippen LogP) is 1.50. The fourth-order valence-electron chi connectivity index (χ4n) is 2.86. The third kappa shape index (κ3) is 2.51. The molecule has 0 fully saturated rings. The molecule has 4 N–H and O–H groups in total. The van der Waals surface area contributed by atoms with E-state index < -0.39 is 23.4 Å². The van der Waals surface area contributed by atoms with Crippen molar-refractivity contribution in [2.24, 2.45) is 0 Å². The summed E-state index contributed by atoms with van der Waals surface area (Å²) in [6.45, 7) is 1.67. The number of nitrogens with two attached hydrogens (primary N) is 1. The molecule has 0 saturated carbocycles. The number of anilines is 2. The largest absolute Gasteiger partial charge is 0.466 e. The van der Waals surface area contributed by atoms with E-state index >= 15 is 0 Å². The summed E-state index contributed by atoms with van der Waals surface area (Å²) in [6, 6.07) is 5.68. The Hall–Kier alpha value is -3.16. The van der Waals surface area contributed by atoms with E-state index in [1.54, 1.807) is 19.1 Å². The van der Waals surface area contributed by atoms with Gasteiger partial charge in [0.1, 0.15) is 17.5 Å². The summed E-state index contributed by atoms with van der Waals surface area (Å²) >= 11 is 0. The summed E-state index contributed by atoms with van der Waals surface area (Å²) in [6.07, 6.45) is 0. The lowest BCUT2D eigenvalue weighted by Crippen LogP contribution is -2.28. The second-order valence-corrected chi connectivity index (χ2v) is 5.36. The minimum Gasteiger partial charge on any atom is -0.466 e. The molecule has 3 rings (SSSR count). The lowest BCUT2D eigenvalue weighted by atomic mass is 9.82. The number of hydrogen-bond donors (Lipinski definition) is 3. The molecule has 0 radical (unpaired) electrons. The molecule has 7 nitrogen and oxygen atoms in total. The number of carbonyl (C=O) groups is 1. The molecule has 0 spiro atoms. The van der Waals surface area contributed by atoms with Crippen molar-refractivity contribution >= 4 is 17.6 Å². The van der Waals surface area contributed by atoms with Gasteiger partial charge >= 0.3 is 11.7 Å². The highest BCUT2D eigenvalue weighted by Crippen LogP contribution is 2.42. The molecule has 1 unspecified atom stereocenters. The molecule has 124 valence electrons. The number of allylic oxidation sites excluding steroid dienone is 1. The maximum absolute atomic E-state index is 13.3. The molecule has 0 saturated heterocycles. The summed E-state index contributed by atoms with van der Waals surface area (Å²) in [4.78, 5) is 30.2. The molecule has 1 aromatic heterocycles. The van der Waals surface area contributed by atoms with Gasteiger partial charge in [0.05, 0.1) is 18.6 Å². The number of hydrogen-bond acceptors (Lipinski definition) is 6. The molecule has 0 bridgehead atoms. The van der Waals surface area contributed by atoms with Crippen LogP contribution in [0.4, 0.5) is 16.0 Å². The topological polar surface area (TPSA) is 110 Å². The highest BCUT2D eigenvalue weighted by Gasteiger charge is 2.35. The lowest BCUT2D eigenvalue weighted by molar-refractivity contribution is -0.136. The first-order chi connectivity index (χ1) is 11.4. The average Bonchev–Trinajstić information content (AvgIpc) is 2.53. The maximum atomic E-state index is 13.3. The van der Waals surface area contributed by atoms with E-state index in [0.717, 1.165) is 0 Å². The van der Waals surface area contributed by atoms with Crippen molar-refractivity contribution in [3.63, 3.8) is 0 Å². The van der Waals surface area contributed by atoms with E-state index in [-0.39, 0.29) is 11.6 Å². The van der Waals surface area contributed by atoms with Gasteiger partial charge in [-0.2, -0.15) is 4.98 Å². The zero-order chi connectivity index (χ0) is 17.4. The second-order valence-electron chi connectivity index (χ2n) is 5.36. The Labute approximate surface area is 136 Å². The number of aromatic nitrogens is 2. The average molecular weight is 330 g/mol. The minimum atomic E-state index is -0.640. The number of benzene rings is 1. The van der Waals surface area contributed by atoms with Crippen molar-refractivity contribution in [1.29, 1.82) is 0 Å². The quantitative estimate of drug-likeness (QED) is 0.720. The normalized spacial score (nSPS) is 16.4. The molecular formula is C16H15FN4O3. The van der Waals surface area contributed by atoms with Gasteiger partial charge in [0.15, 0.2) is 0 Å². The summed E-state index contributed by atoms with van der Waals surface area (Å²) in [5.41, 5.74) is 7.22. The van der Waals surface area contributed by atoms with Crippen LogP contribution in [0.3, 0.4) is 0 Å². The van der Waals surface area contributed by atoms with E-state index in [0.29, 0.717) is 22.4 Å². The van der Waals surface area contributed by atoms with Crippen molar-refractivity contribution in [1.82, 2.24) is 9.97 Å². The van der Waals surface area contributed by atoms with Crippen molar-refractivity contribution in [2.45, 2.75) is 12.8 Å². The number of nitrogen functional groups attached to an aromatic ring is 1. The van der Waals surface area contributed by atoms with Crippen LogP contribution in [-0.2, 0) is 9.53 Å². The van der Waals surface area contributed by atoms with Crippen molar-refractivity contribution in [3.05, 3.63) is 63.0 Å². The predicted molar refractivity (Wildman–Crippen MR) is 85.9 cm³/mol. The van der Waals surface area contributed by atoms with Gasteiger partial charge in [-0.3, -0.25) is 4.98 Å². The fourth-order valence-corrected chi connectivity index (χ4v) is 2.86. The van der Waals surface area contributed by atoms with E-state index in [1.807, 2.05) is 0 Å². The van der Waals surface area contributed by atoms with Gasteiger partial charge in [0.2, 0.25) is 0 Å². The van der Waals surface area contributed by atoms with Gasteiger partial charge < -0.3 is 15.8 Å². The number of methoxy groups -OCH3 is 1. The molecule has 1 aliphatic heterocycles. The van der Waals surface area contributed by atoms with E-state index in [1.165, 1.54) is 19.2 Å². The fraction of sp³-hybridized carbons (Fsp3) is 0.188. The Bertz CT molecular complexity index is 903. The molecule has 1 aromatic carbocycles. The van der Waals surface area contributed by atoms with E-state index in [2.05, 4.69) is 15.3 Å². The van der Waals surface area contributed by atoms with Gasteiger partial charge in [0, 0.05) is 11.3 Å². The molecule has 24 heavy (non-hydrogen) atoms. The van der Waals surface area contributed by atoms with Crippen LogP contribution in [0.25, 0.3) is 0 Å². The highest BCUT2D eigenvalue weighted by atomic mass is 19.1. The third-order valence-electron chi connectivity index (χ3n) is 3.90. The third-order valence-corrected chi connectivity index (χ3v) is 3.90. The van der Waals surface area contributed by atoms with Gasteiger partial charge in [-0.1, -0.05) is 12.1 Å². The molecule has 8 heteroatoms. The molecule has 0 aliphatic carbocycles. The van der Waals surface area contributed by atoms with Crippen molar-refractivity contribution in [2.75, 3.05) is 18.2 Å². The molecule has 2 aromatic rings. The first-order valence-corrected chi connectivity index (χ1v) is 7.13. The number of ether oxygens (including phenoxy) is 1. The van der Waals surface area contributed by atoms with Crippen LogP contribution in [0.5, 0.6) is 0 Å². The van der Waals surface area contributed by atoms with Crippen LogP contribution in [0, 0.1) is 5.82 Å². The standard InChI is InChI=1S/C16H15FN4O3/c1-7-10(15(22)24-2)11(8-3-5-9(17)6-4-8)12-13(18)20-16(23)21-14(12)19-7/h3-6,11H,1-2H3,(H4,18,19,20,21,23). The number of carbonyl (C=O) groups excluding carboxylic acids is 1. The van der Waals surface area contributed by atoms with Crippen LogP contribution in [0.15, 0.2) is 40.3 Å². The number of nitrogens with one attached hydrogen (secondary N) is 2. The highest BCUT2D eigenvalue weighted by molar-refractivity contribution is 5.95. The number of halogens is 1. The molecule has 0 amide bonds. The van der Waals surface area contributed by atoms with Crippen LogP contribution >= 0.6 is 0 Å². The Balaban J connectivity index is 2.29. The Kier molecular flexibility index (Phi) is 3.80. The van der Waals surface area contributed by atoms with Crippen LogP contribution in [0.1, 0.15) is 24.0 Å². The Morgan fingerprint density at radius 2 is 2.00 bits per heavy atom. The van der Waals surface area contributed by atoms with Crippen LogP contribution in [0.2, 0.25) is 0 Å². The SMILES string of the molecule is COC(=O)C1=C(C)Nc2nc(=O)[nH]c(N)c2C1c1ccc(F)cc1. The smallest absolute Gasteiger partial charge is 0.348 e. The Morgan fingerprint density at radius 3 is 2.62 bits per heavy atom. The van der Waals surface area contributed by atoms with Gasteiger partial charge in [0.25, 0.3) is 0 Å². The minimum absolute atomic E-state index is 0.0840. The molecule has 1 atom stereocenters. The van der Waals surface area contributed by atoms with Crippen molar-refractivity contribution < 1.29 is 13.9 Å². The van der Waals surface area contributed by atoms with Gasteiger partial charge in [-0.05, 0) is 24.6 Å².